The number of benzene rings is 10. The molecule has 10 aromatic carbocycles. The van der Waals surface area contributed by atoms with Gasteiger partial charge in [-0.3, -0.25) is 0 Å². The van der Waals surface area contributed by atoms with E-state index < -0.39 is 0 Å². The molecule has 11 aromatic rings. The van der Waals surface area contributed by atoms with E-state index in [0.717, 1.165) is 33.6 Å². The van der Waals surface area contributed by atoms with Crippen molar-refractivity contribution in [2.45, 2.75) is 19.3 Å². The van der Waals surface area contributed by atoms with Crippen LogP contribution in [0.5, 0.6) is 0 Å². The van der Waals surface area contributed by atoms with Gasteiger partial charge in [-0.25, -0.2) is 0 Å². The molecule has 0 N–H and O–H groups in total. The number of furan rings is 1. The van der Waals surface area contributed by atoms with Crippen molar-refractivity contribution in [1.29, 1.82) is 0 Å². The lowest BCUT2D eigenvalue weighted by Crippen LogP contribution is -2.16. The maximum Gasteiger partial charge on any atom is 0.136 e. The van der Waals surface area contributed by atoms with Crippen molar-refractivity contribution in [2.24, 2.45) is 0 Å². The third-order valence-electron chi connectivity index (χ3n) is 12.8. The maximum absolute atomic E-state index is 6.38. The molecule has 0 amide bonds. The van der Waals surface area contributed by atoms with Gasteiger partial charge in [0.1, 0.15) is 11.2 Å². The van der Waals surface area contributed by atoms with E-state index in [1.54, 1.807) is 0 Å². The molecular weight excluding hydrogens is 715 g/mol. The second-order valence-electron chi connectivity index (χ2n) is 16.4. The summed E-state index contributed by atoms with van der Waals surface area (Å²) in [5, 5.41) is 9.81. The Kier molecular flexibility index (Phi) is 7.31. The van der Waals surface area contributed by atoms with E-state index in [1.165, 1.54) is 82.2 Å². The van der Waals surface area contributed by atoms with Crippen LogP contribution in [-0.2, 0) is 5.41 Å². The minimum absolute atomic E-state index is 0.110. The molecule has 0 saturated carbocycles. The van der Waals surface area contributed by atoms with Crippen molar-refractivity contribution in [1.82, 2.24) is 0 Å². The predicted molar refractivity (Wildman–Crippen MR) is 249 cm³/mol. The van der Waals surface area contributed by atoms with Gasteiger partial charge < -0.3 is 9.32 Å². The zero-order valence-corrected chi connectivity index (χ0v) is 32.9. The van der Waals surface area contributed by atoms with Crippen molar-refractivity contribution in [2.75, 3.05) is 4.90 Å². The van der Waals surface area contributed by atoms with E-state index in [4.69, 9.17) is 4.42 Å². The lowest BCUT2D eigenvalue weighted by atomic mass is 9.82. The molecule has 0 bridgehead atoms. The minimum Gasteiger partial charge on any atom is -0.456 e. The molecule has 0 fully saturated rings. The summed E-state index contributed by atoms with van der Waals surface area (Å²) in [6.45, 7) is 4.71. The number of hydrogen-bond acceptors (Lipinski definition) is 2. The molecule has 1 heterocycles. The number of para-hydroxylation sites is 1. The average molecular weight is 754 g/mol. The van der Waals surface area contributed by atoms with Gasteiger partial charge in [0.2, 0.25) is 0 Å². The summed E-state index contributed by atoms with van der Waals surface area (Å²) < 4.78 is 6.38. The summed E-state index contributed by atoms with van der Waals surface area (Å²) in [5.41, 5.74) is 15.3. The molecule has 0 radical (unpaired) electrons. The Hall–Kier alpha value is -7.42. The Bertz CT molecular complexity index is 3430. The molecule has 0 atom stereocenters. The molecule has 278 valence electrons. The normalized spacial score (nSPS) is 13.1. The summed E-state index contributed by atoms with van der Waals surface area (Å²) in [7, 11) is 0. The highest BCUT2D eigenvalue weighted by Crippen LogP contribution is 2.51. The molecule has 0 spiro atoms. The predicted octanol–water partition coefficient (Wildman–Crippen LogP) is 16.2. The van der Waals surface area contributed by atoms with Crippen LogP contribution in [0.1, 0.15) is 25.0 Å². The molecule has 0 saturated heterocycles. The molecule has 1 aliphatic carbocycles. The fourth-order valence-corrected chi connectivity index (χ4v) is 10.1. The van der Waals surface area contributed by atoms with Crippen molar-refractivity contribution in [3.8, 4) is 33.4 Å². The van der Waals surface area contributed by atoms with Gasteiger partial charge >= 0.3 is 0 Å². The van der Waals surface area contributed by atoms with Crippen LogP contribution in [0.4, 0.5) is 17.1 Å². The van der Waals surface area contributed by atoms with Gasteiger partial charge in [-0.1, -0.05) is 159 Å². The molecule has 2 nitrogen and oxygen atoms in total. The van der Waals surface area contributed by atoms with Gasteiger partial charge in [0.15, 0.2) is 0 Å². The highest BCUT2D eigenvalue weighted by Gasteiger charge is 2.35. The van der Waals surface area contributed by atoms with Crippen LogP contribution in [0.15, 0.2) is 205 Å². The van der Waals surface area contributed by atoms with Crippen LogP contribution in [0.3, 0.4) is 0 Å². The summed E-state index contributed by atoms with van der Waals surface area (Å²) in [6, 6.07) is 73.1. The largest absolute Gasteiger partial charge is 0.456 e. The highest BCUT2D eigenvalue weighted by atomic mass is 16.3. The standard InChI is InChI=1S/C57H39NO/c1-57(2)50-24-10-8-18-43(50)44-31-30-41(35-51(44)57)58(40-17-12-16-38(34-40)36-14-4-3-5-15-36)39-28-26-37(27-29-39)42-22-13-23-46-48-32-33-53-56(49-21-9-11-25-52(49)59-53)55(48)47-20-7-6-19-45(47)54(42)46/h3-35H,1-2H3. The lowest BCUT2D eigenvalue weighted by Gasteiger charge is -2.28. The van der Waals surface area contributed by atoms with Crippen molar-refractivity contribution < 1.29 is 4.42 Å². The van der Waals surface area contributed by atoms with Crippen molar-refractivity contribution in [3.63, 3.8) is 0 Å². The molecular formula is C57H39NO. The molecule has 0 aliphatic heterocycles. The fraction of sp³-hybridized carbons (Fsp3) is 0.0526. The topological polar surface area (TPSA) is 16.4 Å². The second-order valence-corrected chi connectivity index (χ2v) is 16.4. The van der Waals surface area contributed by atoms with Gasteiger partial charge in [-0.2, -0.15) is 0 Å². The van der Waals surface area contributed by atoms with E-state index in [1.807, 2.05) is 6.07 Å². The van der Waals surface area contributed by atoms with Crippen LogP contribution in [0.2, 0.25) is 0 Å². The Morgan fingerprint density at radius 2 is 0.932 bits per heavy atom. The molecule has 59 heavy (non-hydrogen) atoms. The van der Waals surface area contributed by atoms with Gasteiger partial charge in [-0.15, -0.1) is 0 Å². The first-order valence-corrected chi connectivity index (χ1v) is 20.5. The zero-order valence-electron chi connectivity index (χ0n) is 32.9. The Morgan fingerprint density at radius 1 is 0.339 bits per heavy atom. The van der Waals surface area contributed by atoms with Crippen LogP contribution >= 0.6 is 0 Å². The summed E-state index contributed by atoms with van der Waals surface area (Å²) in [6.07, 6.45) is 0. The van der Waals surface area contributed by atoms with Gasteiger partial charge in [0, 0.05) is 38.6 Å². The smallest absolute Gasteiger partial charge is 0.136 e. The monoisotopic (exact) mass is 753 g/mol. The number of rotatable bonds is 5. The van der Waals surface area contributed by atoms with Crippen LogP contribution in [0.25, 0.3) is 87.6 Å². The van der Waals surface area contributed by atoms with Gasteiger partial charge in [0.05, 0.1) is 0 Å². The number of fused-ring (bicyclic) bond motifs is 13. The van der Waals surface area contributed by atoms with E-state index in [-0.39, 0.29) is 5.41 Å². The number of anilines is 3. The van der Waals surface area contributed by atoms with Crippen molar-refractivity contribution in [3.05, 3.63) is 211 Å². The Morgan fingerprint density at radius 3 is 1.76 bits per heavy atom. The van der Waals surface area contributed by atoms with Crippen molar-refractivity contribution >= 4 is 71.3 Å². The Balaban J connectivity index is 1.04. The van der Waals surface area contributed by atoms with E-state index in [9.17, 15) is 0 Å². The second kappa shape index (κ2) is 12.8. The van der Waals surface area contributed by atoms with Crippen LogP contribution in [-0.4, -0.2) is 0 Å². The summed E-state index contributed by atoms with van der Waals surface area (Å²) in [5.74, 6) is 0. The number of hydrogen-bond donors (Lipinski definition) is 0. The first kappa shape index (κ1) is 33.7. The summed E-state index contributed by atoms with van der Waals surface area (Å²) >= 11 is 0. The van der Waals surface area contributed by atoms with E-state index in [2.05, 4.69) is 213 Å². The molecule has 2 heteroatoms. The fourth-order valence-electron chi connectivity index (χ4n) is 10.1. The van der Waals surface area contributed by atoms with Gasteiger partial charge in [0.25, 0.3) is 0 Å². The zero-order chi connectivity index (χ0) is 39.2. The number of nitrogens with zero attached hydrogens (tertiary/aromatic N) is 1. The molecule has 12 rings (SSSR count). The molecule has 1 aliphatic rings. The highest BCUT2D eigenvalue weighted by molar-refractivity contribution is 6.36. The maximum atomic E-state index is 6.38. The van der Waals surface area contributed by atoms with Crippen LogP contribution < -0.4 is 4.90 Å². The average Bonchev–Trinajstić information content (AvgIpc) is 3.79. The third kappa shape index (κ3) is 5.06. The third-order valence-corrected chi connectivity index (χ3v) is 12.8. The SMILES string of the molecule is CC1(C)c2ccccc2-c2ccc(N(c3ccc(-c4cccc5c6ccc7oc8ccccc8c7c6c6ccccc6c45)cc3)c3cccc(-c4ccccc4)c3)cc21. The van der Waals surface area contributed by atoms with Gasteiger partial charge in [-0.05, 0) is 126 Å². The first-order chi connectivity index (χ1) is 29.0. The molecule has 1 aromatic heterocycles. The van der Waals surface area contributed by atoms with E-state index >= 15 is 0 Å². The lowest BCUT2D eigenvalue weighted by molar-refractivity contribution is 0.660. The van der Waals surface area contributed by atoms with Crippen LogP contribution in [0, 0.1) is 0 Å². The first-order valence-electron chi connectivity index (χ1n) is 20.5. The Labute approximate surface area is 343 Å². The molecule has 0 unspecified atom stereocenters. The van der Waals surface area contributed by atoms with E-state index in [0.29, 0.717) is 0 Å². The summed E-state index contributed by atoms with van der Waals surface area (Å²) in [4.78, 5) is 2.42. The quantitative estimate of drug-likeness (QED) is 0.163. The minimum atomic E-state index is -0.110.